The number of anilines is 1. The first-order valence-electron chi connectivity index (χ1n) is 9.13. The normalized spacial score (nSPS) is 20.8. The van der Waals surface area contributed by atoms with Crippen LogP contribution in [0, 0.1) is 17.2 Å². The van der Waals surface area contributed by atoms with E-state index < -0.39 is 0 Å². The molecular formula is C21H23N5. The Bertz CT molecular complexity index is 924. The predicted molar refractivity (Wildman–Crippen MR) is 104 cm³/mol. The van der Waals surface area contributed by atoms with Crippen LogP contribution in [0.4, 0.5) is 5.69 Å². The van der Waals surface area contributed by atoms with E-state index in [-0.39, 0.29) is 0 Å². The summed E-state index contributed by atoms with van der Waals surface area (Å²) in [6, 6.07) is 15.2. The number of aromatic amines is 1. The van der Waals surface area contributed by atoms with Gasteiger partial charge in [-0.15, -0.1) is 0 Å². The van der Waals surface area contributed by atoms with Crippen LogP contribution in [0.2, 0.25) is 0 Å². The molecule has 2 N–H and O–H groups in total. The smallest absolute Gasteiger partial charge is 0.139 e. The van der Waals surface area contributed by atoms with Crippen LogP contribution in [0.3, 0.4) is 0 Å². The number of hydrogen-bond acceptors (Lipinski definition) is 4. The van der Waals surface area contributed by atoms with Crippen LogP contribution in [0.5, 0.6) is 0 Å². The van der Waals surface area contributed by atoms with Crippen molar-refractivity contribution in [2.24, 2.45) is 5.92 Å². The highest BCUT2D eigenvalue weighted by Crippen LogP contribution is 2.29. The third-order valence-corrected chi connectivity index (χ3v) is 5.33. The van der Waals surface area contributed by atoms with Crippen LogP contribution in [-0.2, 0) is 6.54 Å². The van der Waals surface area contributed by atoms with E-state index in [4.69, 9.17) is 0 Å². The lowest BCUT2D eigenvalue weighted by molar-refractivity contribution is 0.170. The third-order valence-electron chi connectivity index (χ3n) is 5.33. The minimum Gasteiger partial charge on any atom is -0.379 e. The standard InChI is InChI=1S/C21H23N5/c1-15-8-10-26(13-16-5-3-2-4-6-16)14-19(15)25-20-17(11-22)12-24-21-18(20)7-9-23-21/h2-7,9,12,15,19H,8,10,13-14H2,1H3,(H2,23,24,25)/t15-,19+/m0/s1. The molecular weight excluding hydrogens is 322 g/mol. The second kappa shape index (κ2) is 7.19. The Morgan fingerprint density at radius 2 is 2.15 bits per heavy atom. The van der Waals surface area contributed by atoms with Crippen molar-refractivity contribution >= 4 is 16.7 Å². The Balaban J connectivity index is 1.55. The van der Waals surface area contributed by atoms with Crippen molar-refractivity contribution in [1.29, 1.82) is 5.26 Å². The summed E-state index contributed by atoms with van der Waals surface area (Å²) >= 11 is 0. The van der Waals surface area contributed by atoms with Gasteiger partial charge in [0.05, 0.1) is 11.3 Å². The van der Waals surface area contributed by atoms with E-state index in [0.29, 0.717) is 17.5 Å². The molecule has 4 rings (SSSR count). The summed E-state index contributed by atoms with van der Waals surface area (Å²) in [5.74, 6) is 0.552. The maximum Gasteiger partial charge on any atom is 0.139 e. The van der Waals surface area contributed by atoms with Gasteiger partial charge in [0.15, 0.2) is 0 Å². The Morgan fingerprint density at radius 3 is 2.96 bits per heavy atom. The molecule has 0 spiro atoms. The van der Waals surface area contributed by atoms with Gasteiger partial charge in [-0.25, -0.2) is 4.98 Å². The molecule has 0 aliphatic carbocycles. The van der Waals surface area contributed by atoms with Gasteiger partial charge < -0.3 is 10.3 Å². The second-order valence-electron chi connectivity index (χ2n) is 7.14. The van der Waals surface area contributed by atoms with Gasteiger partial charge in [-0.1, -0.05) is 37.3 Å². The lowest BCUT2D eigenvalue weighted by Crippen LogP contribution is -2.46. The van der Waals surface area contributed by atoms with Crippen LogP contribution in [-0.4, -0.2) is 34.0 Å². The summed E-state index contributed by atoms with van der Waals surface area (Å²) in [7, 11) is 0. The number of nitriles is 1. The number of benzene rings is 1. The molecule has 1 saturated heterocycles. The van der Waals surface area contributed by atoms with Crippen LogP contribution in [0.25, 0.3) is 11.0 Å². The molecule has 0 saturated carbocycles. The molecule has 1 aliphatic heterocycles. The number of nitrogens with zero attached hydrogens (tertiary/aromatic N) is 3. The first-order valence-corrected chi connectivity index (χ1v) is 9.13. The molecule has 1 fully saturated rings. The van der Waals surface area contributed by atoms with Crippen molar-refractivity contribution in [3.05, 3.63) is 59.9 Å². The van der Waals surface area contributed by atoms with E-state index in [1.54, 1.807) is 6.20 Å². The quantitative estimate of drug-likeness (QED) is 0.755. The predicted octanol–water partition coefficient (Wildman–Crippen LogP) is 3.76. The number of pyridine rings is 1. The van der Waals surface area contributed by atoms with Gasteiger partial charge in [0, 0.05) is 36.9 Å². The number of aromatic nitrogens is 2. The van der Waals surface area contributed by atoms with Crippen LogP contribution >= 0.6 is 0 Å². The molecule has 3 heterocycles. The highest BCUT2D eigenvalue weighted by molar-refractivity contribution is 5.92. The van der Waals surface area contributed by atoms with Crippen LogP contribution in [0.15, 0.2) is 48.8 Å². The molecule has 5 heteroatoms. The number of fused-ring (bicyclic) bond motifs is 1. The molecule has 3 aromatic rings. The van der Waals surface area contributed by atoms with Crippen LogP contribution in [0.1, 0.15) is 24.5 Å². The maximum atomic E-state index is 9.51. The van der Waals surface area contributed by atoms with Crippen molar-refractivity contribution in [3.8, 4) is 6.07 Å². The molecule has 0 radical (unpaired) electrons. The molecule has 5 nitrogen and oxygen atoms in total. The SMILES string of the molecule is C[C@H]1CCN(Cc2ccccc2)C[C@H]1Nc1c(C#N)cnc2[nH]ccc12. The highest BCUT2D eigenvalue weighted by Gasteiger charge is 2.27. The summed E-state index contributed by atoms with van der Waals surface area (Å²) in [5, 5.41) is 14.2. The summed E-state index contributed by atoms with van der Waals surface area (Å²) in [4.78, 5) is 9.95. The third kappa shape index (κ3) is 3.29. The lowest BCUT2D eigenvalue weighted by Gasteiger charge is -2.38. The van der Waals surface area contributed by atoms with Gasteiger partial charge in [-0.2, -0.15) is 5.26 Å². The fraction of sp³-hybridized carbons (Fsp3) is 0.333. The fourth-order valence-electron chi connectivity index (χ4n) is 3.74. The van der Waals surface area contributed by atoms with Gasteiger partial charge in [0.25, 0.3) is 0 Å². The molecule has 132 valence electrons. The summed E-state index contributed by atoms with van der Waals surface area (Å²) in [5.41, 5.74) is 3.66. The largest absolute Gasteiger partial charge is 0.379 e. The molecule has 2 aromatic heterocycles. The number of H-pyrrole nitrogens is 1. The number of nitrogens with one attached hydrogen (secondary N) is 2. The van der Waals surface area contributed by atoms with E-state index in [1.807, 2.05) is 12.3 Å². The number of likely N-dealkylation sites (tertiary alicyclic amines) is 1. The van der Waals surface area contributed by atoms with Crippen LogP contribution < -0.4 is 5.32 Å². The monoisotopic (exact) mass is 345 g/mol. The van der Waals surface area contributed by atoms with Gasteiger partial charge in [-0.05, 0) is 30.5 Å². The van der Waals surface area contributed by atoms with Gasteiger partial charge in [0.1, 0.15) is 11.7 Å². The van der Waals surface area contributed by atoms with Crippen molar-refractivity contribution < 1.29 is 0 Å². The van der Waals surface area contributed by atoms with E-state index in [9.17, 15) is 5.26 Å². The Hall–Kier alpha value is -2.84. The van der Waals surface area contributed by atoms with Crippen molar-refractivity contribution in [3.63, 3.8) is 0 Å². The summed E-state index contributed by atoms with van der Waals surface area (Å²) in [6.07, 6.45) is 4.67. The first-order chi connectivity index (χ1) is 12.7. The average molecular weight is 345 g/mol. The molecule has 1 aromatic carbocycles. The van der Waals surface area contributed by atoms with Crippen molar-refractivity contribution in [1.82, 2.24) is 14.9 Å². The second-order valence-corrected chi connectivity index (χ2v) is 7.14. The summed E-state index contributed by atoms with van der Waals surface area (Å²) < 4.78 is 0. The zero-order chi connectivity index (χ0) is 17.9. The van der Waals surface area contributed by atoms with Crippen molar-refractivity contribution in [2.75, 3.05) is 18.4 Å². The lowest BCUT2D eigenvalue weighted by atomic mass is 9.92. The molecule has 26 heavy (non-hydrogen) atoms. The fourth-order valence-corrected chi connectivity index (χ4v) is 3.74. The van der Waals surface area contributed by atoms with E-state index in [2.05, 4.69) is 63.5 Å². The highest BCUT2D eigenvalue weighted by atomic mass is 15.2. The van der Waals surface area contributed by atoms with Crippen molar-refractivity contribution in [2.45, 2.75) is 25.9 Å². The number of hydrogen-bond donors (Lipinski definition) is 2. The first kappa shape index (κ1) is 16.6. The zero-order valence-electron chi connectivity index (χ0n) is 14.9. The minimum absolute atomic E-state index is 0.306. The molecule has 0 amide bonds. The van der Waals surface area contributed by atoms with E-state index >= 15 is 0 Å². The topological polar surface area (TPSA) is 67.7 Å². The number of piperidine rings is 1. The maximum absolute atomic E-state index is 9.51. The van der Waals surface area contributed by atoms with Gasteiger partial charge in [0.2, 0.25) is 0 Å². The molecule has 1 aliphatic rings. The Morgan fingerprint density at radius 1 is 1.31 bits per heavy atom. The molecule has 0 bridgehead atoms. The number of rotatable bonds is 4. The van der Waals surface area contributed by atoms with E-state index in [1.165, 1.54) is 5.56 Å². The minimum atomic E-state index is 0.306. The Kier molecular flexibility index (Phi) is 4.59. The molecule has 0 unspecified atom stereocenters. The van der Waals surface area contributed by atoms with E-state index in [0.717, 1.165) is 42.8 Å². The average Bonchev–Trinajstić information content (AvgIpc) is 3.14. The van der Waals surface area contributed by atoms with Gasteiger partial charge in [-0.3, -0.25) is 4.90 Å². The molecule has 2 atom stereocenters. The van der Waals surface area contributed by atoms with Gasteiger partial charge >= 0.3 is 0 Å². The Labute approximate surface area is 153 Å². The summed E-state index contributed by atoms with van der Waals surface area (Å²) in [6.45, 7) is 5.33. The zero-order valence-corrected chi connectivity index (χ0v) is 14.9.